The summed E-state index contributed by atoms with van der Waals surface area (Å²) in [5.74, 6) is -0.948. The maximum absolute atomic E-state index is 13.0. The number of sulfone groups is 1. The number of halogens is 1. The highest BCUT2D eigenvalue weighted by molar-refractivity contribution is 7.92. The zero-order valence-corrected chi connectivity index (χ0v) is 11.9. The smallest absolute Gasteiger partial charge is 0.229 e. The van der Waals surface area contributed by atoms with Crippen LogP contribution in [0.4, 0.5) is 4.39 Å². The molecule has 2 rings (SSSR count). The topological polar surface area (TPSA) is 80.3 Å². The van der Waals surface area contributed by atoms with Crippen molar-refractivity contribution in [1.29, 1.82) is 0 Å². The second kappa shape index (κ2) is 4.53. The van der Waals surface area contributed by atoms with E-state index in [-0.39, 0.29) is 22.8 Å². The highest BCUT2D eigenvalue weighted by atomic mass is 32.2. The van der Waals surface area contributed by atoms with Crippen molar-refractivity contribution in [3.05, 3.63) is 30.1 Å². The van der Waals surface area contributed by atoms with Gasteiger partial charge in [-0.3, -0.25) is 0 Å². The fourth-order valence-corrected chi connectivity index (χ4v) is 5.76. The predicted octanol–water partition coefficient (Wildman–Crippen LogP) is 0.681. The Balaban J connectivity index is 2.28. The first kappa shape index (κ1) is 14.4. The third kappa shape index (κ3) is 3.31. The van der Waals surface area contributed by atoms with Crippen molar-refractivity contribution in [3.8, 4) is 0 Å². The number of benzene rings is 1. The van der Waals surface area contributed by atoms with Gasteiger partial charge in [-0.25, -0.2) is 25.9 Å². The molecule has 0 radical (unpaired) electrons. The van der Waals surface area contributed by atoms with Gasteiger partial charge in [-0.1, -0.05) is 6.07 Å². The van der Waals surface area contributed by atoms with E-state index in [0.29, 0.717) is 0 Å². The molecule has 8 heteroatoms. The summed E-state index contributed by atoms with van der Waals surface area (Å²) in [4.78, 5) is -0.210. The molecule has 0 unspecified atom stereocenters. The van der Waals surface area contributed by atoms with Gasteiger partial charge in [-0.05, 0) is 31.5 Å². The Morgan fingerprint density at radius 1 is 1.37 bits per heavy atom. The molecule has 1 aliphatic rings. The molecule has 106 valence electrons. The number of hydrogen-bond donors (Lipinski definition) is 1. The minimum atomic E-state index is -3.93. The van der Waals surface area contributed by atoms with Gasteiger partial charge in [0.05, 0.1) is 16.4 Å². The largest absolute Gasteiger partial charge is 0.241 e. The molecule has 1 saturated heterocycles. The Bertz CT molecular complexity index is 699. The van der Waals surface area contributed by atoms with Crippen LogP contribution in [-0.4, -0.2) is 33.9 Å². The van der Waals surface area contributed by atoms with E-state index >= 15 is 0 Å². The summed E-state index contributed by atoms with van der Waals surface area (Å²) in [7, 11) is -7.15. The summed E-state index contributed by atoms with van der Waals surface area (Å²) in [6.45, 7) is 1.54. The molecule has 1 aromatic carbocycles. The third-order valence-corrected chi connectivity index (χ3v) is 6.53. The second-order valence-electron chi connectivity index (χ2n) is 4.97. The van der Waals surface area contributed by atoms with Crippen molar-refractivity contribution >= 4 is 19.9 Å². The van der Waals surface area contributed by atoms with Crippen LogP contribution in [-0.2, 0) is 19.9 Å². The average molecular weight is 307 g/mol. The Morgan fingerprint density at radius 2 is 2.05 bits per heavy atom. The average Bonchev–Trinajstić information content (AvgIpc) is 2.51. The zero-order chi connectivity index (χ0) is 14.3. The number of hydrogen-bond acceptors (Lipinski definition) is 4. The Morgan fingerprint density at radius 3 is 2.58 bits per heavy atom. The lowest BCUT2D eigenvalue weighted by Crippen LogP contribution is -2.46. The van der Waals surface area contributed by atoms with Crippen LogP contribution in [0, 0.1) is 5.82 Å². The van der Waals surface area contributed by atoms with E-state index in [4.69, 9.17) is 0 Å². The number of sulfonamides is 1. The van der Waals surface area contributed by atoms with Crippen LogP contribution in [0.1, 0.15) is 13.3 Å². The first-order valence-electron chi connectivity index (χ1n) is 5.62. The molecule has 0 amide bonds. The lowest BCUT2D eigenvalue weighted by atomic mass is 10.0. The van der Waals surface area contributed by atoms with Gasteiger partial charge in [0.15, 0.2) is 9.84 Å². The van der Waals surface area contributed by atoms with E-state index in [1.54, 1.807) is 0 Å². The first-order chi connectivity index (χ1) is 8.62. The molecule has 1 N–H and O–H groups in total. The third-order valence-electron chi connectivity index (χ3n) is 2.99. The van der Waals surface area contributed by atoms with E-state index < -0.39 is 31.2 Å². The summed E-state index contributed by atoms with van der Waals surface area (Å²) in [5.41, 5.74) is -1.04. The van der Waals surface area contributed by atoms with Crippen LogP contribution in [0.15, 0.2) is 29.2 Å². The lowest BCUT2D eigenvalue weighted by Gasteiger charge is -2.23. The summed E-state index contributed by atoms with van der Waals surface area (Å²) >= 11 is 0. The maximum atomic E-state index is 13.0. The van der Waals surface area contributed by atoms with Crippen LogP contribution in [0.2, 0.25) is 0 Å². The van der Waals surface area contributed by atoms with E-state index in [1.807, 2.05) is 0 Å². The van der Waals surface area contributed by atoms with Crippen LogP contribution < -0.4 is 4.72 Å². The van der Waals surface area contributed by atoms with Crippen molar-refractivity contribution in [2.75, 3.05) is 11.5 Å². The molecule has 1 aliphatic heterocycles. The molecule has 0 aromatic heterocycles. The second-order valence-corrected chi connectivity index (χ2v) is 8.83. The van der Waals surface area contributed by atoms with Gasteiger partial charge in [0.25, 0.3) is 0 Å². The standard InChI is InChI=1S/C11H14FNO4S2/c1-11(5-6-18(14,15)8-11)13-19(16,17)10-4-2-3-9(12)7-10/h2-4,7,13H,5-6,8H2,1H3/t11-/m0/s1. The summed E-state index contributed by atoms with van der Waals surface area (Å²) in [5, 5.41) is 0. The van der Waals surface area contributed by atoms with E-state index in [2.05, 4.69) is 4.72 Å². The maximum Gasteiger partial charge on any atom is 0.241 e. The number of rotatable bonds is 3. The van der Waals surface area contributed by atoms with Gasteiger partial charge in [-0.15, -0.1) is 0 Å². The Kier molecular flexibility index (Phi) is 3.44. The highest BCUT2D eigenvalue weighted by Crippen LogP contribution is 2.25. The summed E-state index contributed by atoms with van der Waals surface area (Å²) in [6, 6.07) is 4.59. The molecular weight excluding hydrogens is 293 g/mol. The minimum absolute atomic E-state index is 0.0465. The predicted molar refractivity (Wildman–Crippen MR) is 68.4 cm³/mol. The molecule has 1 fully saturated rings. The van der Waals surface area contributed by atoms with Gasteiger partial charge in [0.2, 0.25) is 10.0 Å². The zero-order valence-electron chi connectivity index (χ0n) is 10.3. The first-order valence-corrected chi connectivity index (χ1v) is 8.92. The van der Waals surface area contributed by atoms with Crippen LogP contribution in [0.5, 0.6) is 0 Å². The minimum Gasteiger partial charge on any atom is -0.229 e. The van der Waals surface area contributed by atoms with Crippen molar-refractivity contribution in [2.24, 2.45) is 0 Å². The Hall–Kier alpha value is -0.990. The van der Waals surface area contributed by atoms with Crippen molar-refractivity contribution < 1.29 is 21.2 Å². The lowest BCUT2D eigenvalue weighted by molar-refractivity contribution is 0.461. The molecular formula is C11H14FNO4S2. The monoisotopic (exact) mass is 307 g/mol. The van der Waals surface area contributed by atoms with Crippen molar-refractivity contribution in [2.45, 2.75) is 23.8 Å². The van der Waals surface area contributed by atoms with Gasteiger partial charge in [0, 0.05) is 5.54 Å². The van der Waals surface area contributed by atoms with E-state index in [1.165, 1.54) is 19.1 Å². The quantitative estimate of drug-likeness (QED) is 0.890. The molecule has 19 heavy (non-hydrogen) atoms. The van der Waals surface area contributed by atoms with Crippen molar-refractivity contribution in [3.63, 3.8) is 0 Å². The summed E-state index contributed by atoms with van der Waals surface area (Å²) in [6.07, 6.45) is 0.212. The molecule has 5 nitrogen and oxygen atoms in total. The summed E-state index contributed by atoms with van der Waals surface area (Å²) < 4.78 is 62.4. The molecule has 0 aliphatic carbocycles. The SMILES string of the molecule is C[C@]1(NS(=O)(=O)c2cccc(F)c2)CCS(=O)(=O)C1. The highest BCUT2D eigenvalue weighted by Gasteiger charge is 2.41. The van der Waals surface area contributed by atoms with Crippen molar-refractivity contribution in [1.82, 2.24) is 4.72 Å². The molecule has 1 atom stereocenters. The Labute approximate surface area is 111 Å². The van der Waals surface area contributed by atoms with Gasteiger partial charge >= 0.3 is 0 Å². The normalized spacial score (nSPS) is 26.4. The van der Waals surface area contributed by atoms with Crippen LogP contribution >= 0.6 is 0 Å². The van der Waals surface area contributed by atoms with Gasteiger partial charge in [0.1, 0.15) is 5.82 Å². The van der Waals surface area contributed by atoms with E-state index in [0.717, 1.165) is 12.1 Å². The van der Waals surface area contributed by atoms with Crippen LogP contribution in [0.25, 0.3) is 0 Å². The molecule has 0 bridgehead atoms. The van der Waals surface area contributed by atoms with Gasteiger partial charge < -0.3 is 0 Å². The molecule has 1 heterocycles. The molecule has 0 saturated carbocycles. The van der Waals surface area contributed by atoms with Crippen LogP contribution in [0.3, 0.4) is 0 Å². The number of nitrogens with one attached hydrogen (secondary N) is 1. The molecule has 0 spiro atoms. The van der Waals surface area contributed by atoms with Gasteiger partial charge in [-0.2, -0.15) is 0 Å². The van der Waals surface area contributed by atoms with E-state index in [9.17, 15) is 21.2 Å². The fourth-order valence-electron chi connectivity index (χ4n) is 2.11. The molecule has 1 aromatic rings. The fraction of sp³-hybridized carbons (Fsp3) is 0.455.